The fourth-order valence-corrected chi connectivity index (χ4v) is 4.43. The van der Waals surface area contributed by atoms with Gasteiger partial charge in [0.15, 0.2) is 15.6 Å². The Hall–Kier alpha value is -1.67. The first kappa shape index (κ1) is 16.7. The average molecular weight is 328 g/mol. The van der Waals surface area contributed by atoms with Crippen LogP contribution in [0, 0.1) is 10.1 Å². The molecule has 0 radical (unpaired) electrons. The molecule has 8 heteroatoms. The Kier molecular flexibility index (Phi) is 5.36. The Bertz CT molecular complexity index is 632. The summed E-state index contributed by atoms with van der Waals surface area (Å²) in [7, 11) is -2.92. The number of ether oxygens (including phenoxy) is 1. The molecule has 0 N–H and O–H groups in total. The maximum atomic E-state index is 11.5. The molecule has 0 unspecified atom stereocenters. The third-order valence-electron chi connectivity index (χ3n) is 3.83. The molecule has 0 aliphatic carbocycles. The molecular weight excluding hydrogens is 308 g/mol. The molecule has 1 heterocycles. The van der Waals surface area contributed by atoms with Gasteiger partial charge in [-0.3, -0.25) is 15.0 Å². The van der Waals surface area contributed by atoms with Gasteiger partial charge in [-0.25, -0.2) is 8.42 Å². The number of nitrogens with zero attached hydrogens (tertiary/aromatic N) is 2. The summed E-state index contributed by atoms with van der Waals surface area (Å²) < 4.78 is 28.6. The van der Waals surface area contributed by atoms with Gasteiger partial charge in [0, 0.05) is 18.7 Å². The predicted molar refractivity (Wildman–Crippen MR) is 82.9 cm³/mol. The zero-order chi connectivity index (χ0) is 16.2. The Morgan fingerprint density at radius 3 is 2.73 bits per heavy atom. The lowest BCUT2D eigenvalue weighted by atomic mass is 10.2. The molecule has 0 aromatic heterocycles. The van der Waals surface area contributed by atoms with Gasteiger partial charge in [0.05, 0.1) is 16.4 Å². The molecule has 7 nitrogen and oxygen atoms in total. The van der Waals surface area contributed by atoms with Crippen LogP contribution in [0.2, 0.25) is 0 Å². The summed E-state index contributed by atoms with van der Waals surface area (Å²) in [6, 6.07) is 6.26. The number of nitro benzene ring substituents is 1. The molecule has 0 saturated carbocycles. The van der Waals surface area contributed by atoms with E-state index in [1.165, 1.54) is 6.07 Å². The zero-order valence-corrected chi connectivity index (χ0v) is 13.3. The Labute approximate surface area is 129 Å². The molecule has 1 aromatic carbocycles. The number of hydrogen-bond acceptors (Lipinski definition) is 6. The minimum absolute atomic E-state index is 0.0179. The molecule has 0 bridgehead atoms. The van der Waals surface area contributed by atoms with Crippen molar-refractivity contribution in [2.75, 3.05) is 31.2 Å². The fraction of sp³-hybridized carbons (Fsp3) is 0.571. The molecule has 122 valence electrons. The first-order valence-electron chi connectivity index (χ1n) is 7.23. The van der Waals surface area contributed by atoms with Crippen molar-refractivity contribution in [3.8, 4) is 5.75 Å². The SMILES string of the molecule is CCN(CCOc1ccccc1[N+](=O)[O-])[C@H]1CCS(=O)(=O)C1. The second-order valence-corrected chi connectivity index (χ2v) is 7.49. The number of sulfone groups is 1. The quantitative estimate of drug-likeness (QED) is 0.556. The molecule has 0 amide bonds. The number of rotatable bonds is 7. The molecule has 1 fully saturated rings. The van der Waals surface area contributed by atoms with Gasteiger partial charge < -0.3 is 4.74 Å². The lowest BCUT2D eigenvalue weighted by molar-refractivity contribution is -0.385. The van der Waals surface area contributed by atoms with Crippen molar-refractivity contribution < 1.29 is 18.1 Å². The van der Waals surface area contributed by atoms with Gasteiger partial charge in [0.2, 0.25) is 0 Å². The number of likely N-dealkylation sites (N-methyl/N-ethyl adjacent to an activating group) is 1. The highest BCUT2D eigenvalue weighted by atomic mass is 32.2. The molecular formula is C14H20N2O5S. The van der Waals surface area contributed by atoms with E-state index < -0.39 is 14.8 Å². The van der Waals surface area contributed by atoms with Gasteiger partial charge in [-0.15, -0.1) is 0 Å². The smallest absolute Gasteiger partial charge is 0.310 e. The van der Waals surface area contributed by atoms with Crippen LogP contribution in [0.1, 0.15) is 13.3 Å². The Morgan fingerprint density at radius 2 is 2.14 bits per heavy atom. The van der Waals surface area contributed by atoms with Gasteiger partial charge in [0.25, 0.3) is 0 Å². The van der Waals surface area contributed by atoms with Gasteiger partial charge >= 0.3 is 5.69 Å². The summed E-state index contributed by atoms with van der Waals surface area (Å²) in [4.78, 5) is 12.5. The second kappa shape index (κ2) is 7.06. The van der Waals surface area contributed by atoms with Crippen LogP contribution in [-0.4, -0.2) is 55.5 Å². The first-order chi connectivity index (χ1) is 10.4. The summed E-state index contributed by atoms with van der Waals surface area (Å²) in [5, 5.41) is 10.9. The van der Waals surface area contributed by atoms with Gasteiger partial charge in [-0.05, 0) is 19.0 Å². The van der Waals surface area contributed by atoms with Crippen LogP contribution >= 0.6 is 0 Å². The summed E-state index contributed by atoms with van der Waals surface area (Å²) in [6.45, 7) is 3.52. The average Bonchev–Trinajstić information content (AvgIpc) is 2.84. The van der Waals surface area contributed by atoms with E-state index in [0.717, 1.165) is 6.54 Å². The van der Waals surface area contributed by atoms with E-state index in [1.54, 1.807) is 18.2 Å². The first-order valence-corrected chi connectivity index (χ1v) is 9.06. The van der Waals surface area contributed by atoms with E-state index in [4.69, 9.17) is 4.74 Å². The van der Waals surface area contributed by atoms with Crippen LogP contribution < -0.4 is 4.74 Å². The molecule has 1 saturated heterocycles. The van der Waals surface area contributed by atoms with Crippen LogP contribution in [0.15, 0.2) is 24.3 Å². The predicted octanol–water partition coefficient (Wildman–Crippen LogP) is 1.48. The van der Waals surface area contributed by atoms with Crippen LogP contribution in [-0.2, 0) is 9.84 Å². The number of hydrogen-bond donors (Lipinski definition) is 0. The van der Waals surface area contributed by atoms with Crippen LogP contribution in [0.3, 0.4) is 0 Å². The van der Waals surface area contributed by atoms with Crippen molar-refractivity contribution >= 4 is 15.5 Å². The monoisotopic (exact) mass is 328 g/mol. The highest BCUT2D eigenvalue weighted by Gasteiger charge is 2.31. The van der Waals surface area contributed by atoms with Crippen LogP contribution in [0.25, 0.3) is 0 Å². The minimum atomic E-state index is -2.92. The third kappa shape index (κ3) is 4.17. The van der Waals surface area contributed by atoms with E-state index in [9.17, 15) is 18.5 Å². The van der Waals surface area contributed by atoms with E-state index in [0.29, 0.717) is 13.0 Å². The van der Waals surface area contributed by atoms with E-state index in [1.807, 2.05) is 6.92 Å². The van der Waals surface area contributed by atoms with Crippen LogP contribution in [0.4, 0.5) is 5.69 Å². The van der Waals surface area contributed by atoms with Crippen molar-refractivity contribution in [2.45, 2.75) is 19.4 Å². The van der Waals surface area contributed by atoms with Gasteiger partial charge in [-0.1, -0.05) is 19.1 Å². The van der Waals surface area contributed by atoms with Crippen molar-refractivity contribution in [3.63, 3.8) is 0 Å². The number of nitro groups is 1. The maximum absolute atomic E-state index is 11.5. The fourth-order valence-electron chi connectivity index (χ4n) is 2.67. The highest BCUT2D eigenvalue weighted by Crippen LogP contribution is 2.26. The van der Waals surface area contributed by atoms with Crippen LogP contribution in [0.5, 0.6) is 5.75 Å². The highest BCUT2D eigenvalue weighted by molar-refractivity contribution is 7.91. The van der Waals surface area contributed by atoms with Crippen molar-refractivity contribution in [1.29, 1.82) is 0 Å². The van der Waals surface area contributed by atoms with Crippen molar-refractivity contribution in [1.82, 2.24) is 4.90 Å². The molecule has 1 aromatic rings. The summed E-state index contributed by atoms with van der Waals surface area (Å²) in [5.74, 6) is 0.661. The van der Waals surface area contributed by atoms with Crippen molar-refractivity contribution in [2.24, 2.45) is 0 Å². The number of para-hydroxylation sites is 2. The van der Waals surface area contributed by atoms with E-state index in [2.05, 4.69) is 4.90 Å². The molecule has 1 aliphatic heterocycles. The second-order valence-electron chi connectivity index (χ2n) is 5.26. The standard InChI is InChI=1S/C14H20N2O5S/c1-2-15(12-7-10-22(19,20)11-12)8-9-21-14-6-4-3-5-13(14)16(17)18/h3-6,12H,2,7-11H2,1H3/t12-/m0/s1. The lowest BCUT2D eigenvalue weighted by Gasteiger charge is -2.26. The maximum Gasteiger partial charge on any atom is 0.310 e. The summed E-state index contributed by atoms with van der Waals surface area (Å²) in [6.07, 6.45) is 0.641. The summed E-state index contributed by atoms with van der Waals surface area (Å²) in [5.41, 5.74) is -0.0611. The van der Waals surface area contributed by atoms with E-state index in [-0.39, 0.29) is 35.6 Å². The van der Waals surface area contributed by atoms with E-state index >= 15 is 0 Å². The number of benzene rings is 1. The summed E-state index contributed by atoms with van der Waals surface area (Å²) >= 11 is 0. The Balaban J connectivity index is 1.91. The topological polar surface area (TPSA) is 89.8 Å². The normalized spacial score (nSPS) is 20.2. The zero-order valence-electron chi connectivity index (χ0n) is 12.5. The molecule has 1 atom stereocenters. The third-order valence-corrected chi connectivity index (χ3v) is 5.58. The largest absolute Gasteiger partial charge is 0.485 e. The Morgan fingerprint density at radius 1 is 1.41 bits per heavy atom. The minimum Gasteiger partial charge on any atom is -0.485 e. The van der Waals surface area contributed by atoms with Crippen molar-refractivity contribution in [3.05, 3.63) is 34.4 Å². The van der Waals surface area contributed by atoms with Gasteiger partial charge in [0.1, 0.15) is 6.61 Å². The van der Waals surface area contributed by atoms with Gasteiger partial charge in [-0.2, -0.15) is 0 Å². The lowest BCUT2D eigenvalue weighted by Crippen LogP contribution is -2.38. The molecule has 2 rings (SSSR count). The molecule has 0 spiro atoms. The molecule has 1 aliphatic rings. The molecule has 22 heavy (non-hydrogen) atoms.